The minimum atomic E-state index is -0.242. The van der Waals surface area contributed by atoms with Crippen LogP contribution in [-0.4, -0.2) is 34.1 Å². The first-order chi connectivity index (χ1) is 13.6. The number of urea groups is 1. The quantitative estimate of drug-likeness (QED) is 0.470. The number of benzene rings is 1. The number of rotatable bonds is 7. The molecule has 28 heavy (non-hydrogen) atoms. The van der Waals surface area contributed by atoms with Gasteiger partial charge in [-0.05, 0) is 37.6 Å². The molecule has 0 aliphatic heterocycles. The van der Waals surface area contributed by atoms with Crippen LogP contribution in [-0.2, 0) is 0 Å². The summed E-state index contributed by atoms with van der Waals surface area (Å²) in [6.45, 7) is 4.97. The number of pyridine rings is 1. The van der Waals surface area contributed by atoms with Crippen LogP contribution < -0.4 is 21.3 Å². The minimum Gasteiger partial charge on any atom is -0.368 e. The lowest BCUT2D eigenvalue weighted by Crippen LogP contribution is -2.32. The van der Waals surface area contributed by atoms with Crippen LogP contribution in [0.3, 0.4) is 0 Å². The Kier molecular flexibility index (Phi) is 6.35. The summed E-state index contributed by atoms with van der Waals surface area (Å²) in [5, 5.41) is 11.9. The van der Waals surface area contributed by atoms with E-state index in [-0.39, 0.29) is 6.03 Å². The van der Waals surface area contributed by atoms with Crippen LogP contribution in [0.2, 0.25) is 0 Å². The highest BCUT2D eigenvalue weighted by Gasteiger charge is 2.04. The van der Waals surface area contributed by atoms with E-state index in [9.17, 15) is 4.79 Å². The monoisotopic (exact) mass is 377 g/mol. The number of carbonyl (C=O) groups excluding carboxylic acids is 1. The molecule has 0 fully saturated rings. The number of nitrogens with zero attached hydrogens (tertiary/aromatic N) is 3. The summed E-state index contributed by atoms with van der Waals surface area (Å²) in [5.74, 6) is 2.00. The number of aryl methyl sites for hydroxylation is 2. The number of anilines is 4. The van der Waals surface area contributed by atoms with Crippen LogP contribution in [0.1, 0.15) is 11.1 Å². The van der Waals surface area contributed by atoms with Gasteiger partial charge in [-0.25, -0.2) is 19.7 Å². The van der Waals surface area contributed by atoms with Crippen LogP contribution in [0.4, 0.5) is 27.9 Å². The molecule has 0 unspecified atom stereocenters. The molecule has 0 aliphatic carbocycles. The van der Waals surface area contributed by atoms with Gasteiger partial charge in [0.25, 0.3) is 0 Å². The van der Waals surface area contributed by atoms with Crippen molar-refractivity contribution in [3.05, 3.63) is 66.1 Å². The van der Waals surface area contributed by atoms with Crippen molar-refractivity contribution in [2.75, 3.05) is 29.0 Å². The van der Waals surface area contributed by atoms with Crippen molar-refractivity contribution in [2.24, 2.45) is 0 Å². The Labute approximate surface area is 163 Å². The van der Waals surface area contributed by atoms with Crippen molar-refractivity contribution in [3.8, 4) is 0 Å². The third-order valence-corrected chi connectivity index (χ3v) is 3.93. The van der Waals surface area contributed by atoms with Gasteiger partial charge >= 0.3 is 6.03 Å². The summed E-state index contributed by atoms with van der Waals surface area (Å²) in [6.07, 6.45) is 3.17. The van der Waals surface area contributed by atoms with Gasteiger partial charge in [0, 0.05) is 31.0 Å². The van der Waals surface area contributed by atoms with E-state index in [0.717, 1.165) is 16.8 Å². The second-order valence-corrected chi connectivity index (χ2v) is 6.25. The third kappa shape index (κ3) is 5.66. The van der Waals surface area contributed by atoms with E-state index in [1.54, 1.807) is 12.3 Å². The Bertz CT molecular complexity index is 931. The van der Waals surface area contributed by atoms with Gasteiger partial charge in [0.05, 0.1) is 0 Å². The van der Waals surface area contributed by atoms with Crippen molar-refractivity contribution in [1.82, 2.24) is 20.3 Å². The SMILES string of the molecule is Cc1ccc(NC(=O)NCCNc2cc(Nc3ccccn3)ncn2)c(C)c1. The summed E-state index contributed by atoms with van der Waals surface area (Å²) in [5.41, 5.74) is 2.99. The van der Waals surface area contributed by atoms with Gasteiger partial charge in [0.2, 0.25) is 0 Å². The van der Waals surface area contributed by atoms with E-state index in [0.29, 0.717) is 30.5 Å². The highest BCUT2D eigenvalue weighted by atomic mass is 16.2. The zero-order chi connectivity index (χ0) is 19.8. The second kappa shape index (κ2) is 9.31. The van der Waals surface area contributed by atoms with Gasteiger partial charge in [-0.15, -0.1) is 0 Å². The van der Waals surface area contributed by atoms with Gasteiger partial charge in [-0.1, -0.05) is 23.8 Å². The Morgan fingerprint density at radius 2 is 1.79 bits per heavy atom. The van der Waals surface area contributed by atoms with Crippen molar-refractivity contribution < 1.29 is 4.79 Å². The second-order valence-electron chi connectivity index (χ2n) is 6.25. The third-order valence-electron chi connectivity index (χ3n) is 3.93. The fourth-order valence-electron chi connectivity index (χ4n) is 2.58. The molecule has 0 spiro atoms. The smallest absolute Gasteiger partial charge is 0.319 e. The molecular formula is C20H23N7O. The molecule has 4 N–H and O–H groups in total. The first-order valence-electron chi connectivity index (χ1n) is 8.96. The molecule has 0 atom stereocenters. The van der Waals surface area contributed by atoms with E-state index in [1.165, 1.54) is 6.33 Å². The molecule has 8 heteroatoms. The molecule has 3 rings (SSSR count). The Hall–Kier alpha value is -3.68. The van der Waals surface area contributed by atoms with Crippen LogP contribution in [0, 0.1) is 13.8 Å². The predicted molar refractivity (Wildman–Crippen MR) is 111 cm³/mol. The number of nitrogens with one attached hydrogen (secondary N) is 4. The number of carbonyl (C=O) groups is 1. The molecule has 0 bridgehead atoms. The normalized spacial score (nSPS) is 10.2. The van der Waals surface area contributed by atoms with E-state index < -0.39 is 0 Å². The number of aromatic nitrogens is 3. The van der Waals surface area contributed by atoms with Gasteiger partial charge in [0.15, 0.2) is 0 Å². The lowest BCUT2D eigenvalue weighted by Gasteiger charge is -2.11. The fourth-order valence-corrected chi connectivity index (χ4v) is 2.58. The first kappa shape index (κ1) is 19.1. The van der Waals surface area contributed by atoms with Gasteiger partial charge in [-0.3, -0.25) is 0 Å². The lowest BCUT2D eigenvalue weighted by molar-refractivity contribution is 0.252. The molecule has 0 saturated heterocycles. The zero-order valence-corrected chi connectivity index (χ0v) is 15.9. The number of hydrogen-bond donors (Lipinski definition) is 4. The molecule has 0 saturated carbocycles. The molecule has 0 radical (unpaired) electrons. The highest BCUT2D eigenvalue weighted by Crippen LogP contribution is 2.16. The highest BCUT2D eigenvalue weighted by molar-refractivity contribution is 5.90. The summed E-state index contributed by atoms with van der Waals surface area (Å²) in [6, 6.07) is 13.0. The summed E-state index contributed by atoms with van der Waals surface area (Å²) in [7, 11) is 0. The van der Waals surface area contributed by atoms with Crippen molar-refractivity contribution >= 4 is 29.2 Å². The van der Waals surface area contributed by atoms with Crippen LogP contribution in [0.15, 0.2) is 55.0 Å². The van der Waals surface area contributed by atoms with Crippen molar-refractivity contribution in [1.29, 1.82) is 0 Å². The number of amides is 2. The largest absolute Gasteiger partial charge is 0.368 e. The molecule has 3 aromatic rings. The summed E-state index contributed by atoms with van der Waals surface area (Å²) < 4.78 is 0. The molecule has 1 aromatic carbocycles. The first-order valence-corrected chi connectivity index (χ1v) is 8.96. The fraction of sp³-hybridized carbons (Fsp3) is 0.200. The topological polar surface area (TPSA) is 104 Å². The maximum absolute atomic E-state index is 12.0. The Balaban J connectivity index is 1.43. The van der Waals surface area contributed by atoms with Crippen LogP contribution in [0.25, 0.3) is 0 Å². The molecule has 8 nitrogen and oxygen atoms in total. The Morgan fingerprint density at radius 1 is 0.929 bits per heavy atom. The number of hydrogen-bond acceptors (Lipinski definition) is 6. The zero-order valence-electron chi connectivity index (χ0n) is 15.9. The van der Waals surface area contributed by atoms with Crippen molar-refractivity contribution in [3.63, 3.8) is 0 Å². The maximum Gasteiger partial charge on any atom is 0.319 e. The molecule has 2 heterocycles. The minimum absolute atomic E-state index is 0.242. The molecule has 2 amide bonds. The van der Waals surface area contributed by atoms with E-state index in [2.05, 4.69) is 36.2 Å². The van der Waals surface area contributed by atoms with E-state index in [4.69, 9.17) is 0 Å². The molecule has 2 aromatic heterocycles. The van der Waals surface area contributed by atoms with Gasteiger partial charge < -0.3 is 21.3 Å². The standard InChI is InChI=1S/C20H23N7O/c1-14-6-7-16(15(2)11-14)26-20(28)23-10-9-22-18-12-19(25-13-24-18)27-17-5-3-4-8-21-17/h3-8,11-13H,9-10H2,1-2H3,(H2,23,26,28)(H2,21,22,24,25,27). The van der Waals surface area contributed by atoms with E-state index >= 15 is 0 Å². The average molecular weight is 377 g/mol. The van der Waals surface area contributed by atoms with E-state index in [1.807, 2.05) is 50.2 Å². The summed E-state index contributed by atoms with van der Waals surface area (Å²) >= 11 is 0. The molecule has 144 valence electrons. The predicted octanol–water partition coefficient (Wildman–Crippen LogP) is 3.47. The Morgan fingerprint density at radius 3 is 2.57 bits per heavy atom. The average Bonchev–Trinajstić information content (AvgIpc) is 2.69. The van der Waals surface area contributed by atoms with Crippen LogP contribution in [0.5, 0.6) is 0 Å². The maximum atomic E-state index is 12.0. The molecule has 0 aliphatic rings. The van der Waals surface area contributed by atoms with Crippen molar-refractivity contribution in [2.45, 2.75) is 13.8 Å². The van der Waals surface area contributed by atoms with Gasteiger partial charge in [-0.2, -0.15) is 0 Å². The van der Waals surface area contributed by atoms with Gasteiger partial charge in [0.1, 0.15) is 23.8 Å². The lowest BCUT2D eigenvalue weighted by atomic mass is 10.1. The van der Waals surface area contributed by atoms with Crippen LogP contribution >= 0.6 is 0 Å². The molecular weight excluding hydrogens is 354 g/mol. The summed E-state index contributed by atoms with van der Waals surface area (Å²) in [4.78, 5) is 24.6.